The minimum Gasteiger partial charge on any atom is -0.407 e. The summed E-state index contributed by atoms with van der Waals surface area (Å²) in [5.41, 5.74) is 11.5. The first-order valence-corrected chi connectivity index (χ1v) is 7.13. The molecule has 1 saturated carbocycles. The van der Waals surface area contributed by atoms with E-state index >= 15 is 0 Å². The number of nitrogen functional groups attached to an aromatic ring is 1. The molecule has 3 aromatic rings. The summed E-state index contributed by atoms with van der Waals surface area (Å²) in [6.45, 7) is 0. The lowest BCUT2D eigenvalue weighted by Gasteiger charge is -2.10. The van der Waals surface area contributed by atoms with Crippen molar-refractivity contribution in [3.8, 4) is 11.1 Å². The Morgan fingerprint density at radius 2 is 1.86 bits per heavy atom. The van der Waals surface area contributed by atoms with Gasteiger partial charge in [-0.05, 0) is 48.1 Å². The van der Waals surface area contributed by atoms with Crippen LogP contribution >= 0.6 is 0 Å². The number of nitrogens with zero attached hydrogens (tertiary/aromatic N) is 1. The topological polar surface area (TPSA) is 61.2 Å². The third kappa shape index (κ3) is 1.87. The molecule has 0 aliphatic heterocycles. The summed E-state index contributed by atoms with van der Waals surface area (Å²) >= 11 is 0. The minimum absolute atomic E-state index is 0.304. The highest BCUT2D eigenvalue weighted by Crippen LogP contribution is 2.47. The van der Waals surface area contributed by atoms with Crippen molar-refractivity contribution in [2.75, 3.05) is 5.73 Å². The molecule has 1 aliphatic carbocycles. The third-order valence-corrected chi connectivity index (χ3v) is 4.21. The summed E-state index contributed by atoms with van der Waals surface area (Å²) in [5.74, 6) is 0.188. The normalized spacial score (nSPS) is 14.7. The van der Waals surface area contributed by atoms with Crippen molar-refractivity contribution in [1.82, 2.24) is 4.57 Å². The van der Waals surface area contributed by atoms with Gasteiger partial charge in [-0.25, -0.2) is 4.79 Å². The Hall–Kier alpha value is -2.49. The Bertz CT molecular complexity index is 884. The van der Waals surface area contributed by atoms with Crippen LogP contribution in [0.25, 0.3) is 22.2 Å². The first kappa shape index (κ1) is 12.3. The molecule has 4 rings (SSSR count). The van der Waals surface area contributed by atoms with Crippen molar-refractivity contribution in [1.29, 1.82) is 0 Å². The van der Waals surface area contributed by atoms with E-state index in [1.807, 2.05) is 30.3 Å². The lowest BCUT2D eigenvalue weighted by Crippen LogP contribution is -2.08. The minimum atomic E-state index is -0.304. The van der Waals surface area contributed by atoms with Gasteiger partial charge in [-0.2, -0.15) is 0 Å². The second kappa shape index (κ2) is 4.25. The quantitative estimate of drug-likeness (QED) is 0.733. The van der Waals surface area contributed by atoms with E-state index in [-0.39, 0.29) is 5.76 Å². The summed E-state index contributed by atoms with van der Waals surface area (Å²) in [5, 5.41) is 0. The van der Waals surface area contributed by atoms with Gasteiger partial charge in [0, 0.05) is 18.3 Å². The van der Waals surface area contributed by atoms with E-state index < -0.39 is 0 Å². The number of oxazole rings is 1. The van der Waals surface area contributed by atoms with Gasteiger partial charge in [-0.15, -0.1) is 0 Å². The zero-order valence-electron chi connectivity index (χ0n) is 11.8. The van der Waals surface area contributed by atoms with Crippen molar-refractivity contribution >= 4 is 16.8 Å². The number of aromatic nitrogens is 1. The Balaban J connectivity index is 2.03. The molecule has 106 valence electrons. The maximum Gasteiger partial charge on any atom is 0.419 e. The number of hydrogen-bond donors (Lipinski definition) is 1. The zero-order chi connectivity index (χ0) is 14.6. The second-order valence-electron chi connectivity index (χ2n) is 5.70. The number of aryl methyl sites for hydroxylation is 1. The number of benzene rings is 2. The lowest BCUT2D eigenvalue weighted by atomic mass is 9.95. The van der Waals surface area contributed by atoms with Crippen LogP contribution in [-0.4, -0.2) is 4.57 Å². The van der Waals surface area contributed by atoms with E-state index in [4.69, 9.17) is 10.2 Å². The van der Waals surface area contributed by atoms with E-state index in [1.165, 1.54) is 0 Å². The van der Waals surface area contributed by atoms with E-state index in [0.29, 0.717) is 5.92 Å². The van der Waals surface area contributed by atoms with Gasteiger partial charge in [0.05, 0.1) is 5.52 Å². The molecular formula is C17H16N2O2. The van der Waals surface area contributed by atoms with Crippen LogP contribution in [0.4, 0.5) is 5.69 Å². The van der Waals surface area contributed by atoms with Crippen LogP contribution in [0.1, 0.15) is 24.3 Å². The Labute approximate surface area is 121 Å². The fraction of sp³-hybridized carbons (Fsp3) is 0.235. The molecule has 4 heteroatoms. The smallest absolute Gasteiger partial charge is 0.407 e. The molecule has 0 bridgehead atoms. The average molecular weight is 280 g/mol. The number of nitrogens with two attached hydrogens (primary N) is 1. The zero-order valence-corrected chi connectivity index (χ0v) is 11.8. The Morgan fingerprint density at radius 1 is 1.14 bits per heavy atom. The second-order valence-corrected chi connectivity index (χ2v) is 5.70. The summed E-state index contributed by atoms with van der Waals surface area (Å²) in [6.07, 6.45) is 2.30. The highest BCUT2D eigenvalue weighted by atomic mass is 16.4. The monoisotopic (exact) mass is 280 g/mol. The molecule has 1 aliphatic rings. The van der Waals surface area contributed by atoms with E-state index in [0.717, 1.165) is 46.3 Å². The number of hydrogen-bond acceptors (Lipinski definition) is 3. The maximum absolute atomic E-state index is 11.8. The average Bonchev–Trinajstić information content (AvgIpc) is 3.27. The molecule has 0 unspecified atom stereocenters. The molecule has 1 aromatic heterocycles. The molecule has 2 aromatic carbocycles. The molecule has 21 heavy (non-hydrogen) atoms. The van der Waals surface area contributed by atoms with E-state index in [2.05, 4.69) is 6.07 Å². The van der Waals surface area contributed by atoms with Crippen LogP contribution in [0, 0.1) is 0 Å². The van der Waals surface area contributed by atoms with Crippen molar-refractivity contribution in [3.05, 3.63) is 52.5 Å². The van der Waals surface area contributed by atoms with Crippen molar-refractivity contribution < 1.29 is 4.42 Å². The van der Waals surface area contributed by atoms with Crippen molar-refractivity contribution in [2.45, 2.75) is 18.8 Å². The molecule has 0 radical (unpaired) electrons. The molecule has 0 saturated heterocycles. The third-order valence-electron chi connectivity index (χ3n) is 4.21. The van der Waals surface area contributed by atoms with E-state index in [9.17, 15) is 4.79 Å². The number of rotatable bonds is 2. The molecule has 0 atom stereocenters. The van der Waals surface area contributed by atoms with Gasteiger partial charge < -0.3 is 10.2 Å². The predicted molar refractivity (Wildman–Crippen MR) is 83.3 cm³/mol. The standard InChI is InChI=1S/C17H16N2O2/c1-19-14-9-8-13(10-4-6-12(18)7-5-10)15(11-2-3-11)16(14)21-17(19)20/h4-9,11H,2-3,18H2,1H3. The van der Waals surface area contributed by atoms with Gasteiger partial charge in [-0.3, -0.25) is 4.57 Å². The highest BCUT2D eigenvalue weighted by Gasteiger charge is 2.30. The highest BCUT2D eigenvalue weighted by molar-refractivity contribution is 5.87. The maximum atomic E-state index is 11.8. The molecule has 1 fully saturated rings. The summed E-state index contributed by atoms with van der Waals surface area (Å²) < 4.78 is 7.06. The van der Waals surface area contributed by atoms with Gasteiger partial charge >= 0.3 is 5.76 Å². The molecule has 1 heterocycles. The SMILES string of the molecule is Cn1c(=O)oc2c(C3CC3)c(-c3ccc(N)cc3)ccc21. The van der Waals surface area contributed by atoms with Crippen molar-refractivity contribution in [3.63, 3.8) is 0 Å². The first-order chi connectivity index (χ1) is 10.1. The molecule has 2 N–H and O–H groups in total. The van der Waals surface area contributed by atoms with Gasteiger partial charge in [0.25, 0.3) is 0 Å². The molecule has 0 amide bonds. The van der Waals surface area contributed by atoms with Crippen LogP contribution in [0.15, 0.2) is 45.6 Å². The van der Waals surface area contributed by atoms with Crippen LogP contribution in [-0.2, 0) is 7.05 Å². The van der Waals surface area contributed by atoms with Crippen molar-refractivity contribution in [2.24, 2.45) is 7.05 Å². The Morgan fingerprint density at radius 3 is 2.52 bits per heavy atom. The first-order valence-electron chi connectivity index (χ1n) is 7.13. The van der Waals surface area contributed by atoms with Gasteiger partial charge in [-0.1, -0.05) is 18.2 Å². The summed E-state index contributed by atoms with van der Waals surface area (Å²) in [7, 11) is 1.74. The Kier molecular flexibility index (Phi) is 2.48. The fourth-order valence-corrected chi connectivity index (χ4v) is 2.91. The van der Waals surface area contributed by atoms with Crippen LogP contribution in [0.5, 0.6) is 0 Å². The van der Waals surface area contributed by atoms with Crippen LogP contribution < -0.4 is 11.5 Å². The van der Waals surface area contributed by atoms with Gasteiger partial charge in [0.1, 0.15) is 0 Å². The van der Waals surface area contributed by atoms with Crippen LogP contribution in [0.2, 0.25) is 0 Å². The molecule has 0 spiro atoms. The number of anilines is 1. The largest absolute Gasteiger partial charge is 0.419 e. The number of fused-ring (bicyclic) bond motifs is 1. The molecule has 4 nitrogen and oxygen atoms in total. The molecular weight excluding hydrogens is 264 g/mol. The predicted octanol–water partition coefficient (Wildman–Crippen LogP) is 3.26. The lowest BCUT2D eigenvalue weighted by molar-refractivity contribution is 0.525. The van der Waals surface area contributed by atoms with Gasteiger partial charge in [0.2, 0.25) is 0 Å². The van der Waals surface area contributed by atoms with Crippen LogP contribution in [0.3, 0.4) is 0 Å². The summed E-state index contributed by atoms with van der Waals surface area (Å²) in [6, 6.07) is 11.9. The summed E-state index contributed by atoms with van der Waals surface area (Å²) in [4.78, 5) is 11.8. The van der Waals surface area contributed by atoms with E-state index in [1.54, 1.807) is 11.6 Å². The van der Waals surface area contributed by atoms with Gasteiger partial charge in [0.15, 0.2) is 5.58 Å². The fourth-order valence-electron chi connectivity index (χ4n) is 2.91.